The molecule has 0 amide bonds. The van der Waals surface area contributed by atoms with Gasteiger partial charge in [0.15, 0.2) is 5.89 Å². The van der Waals surface area contributed by atoms with Gasteiger partial charge in [-0.2, -0.15) is 8.42 Å². The number of aromatic nitrogens is 1. The lowest BCUT2D eigenvalue weighted by atomic mass is 10.2. The molecule has 2 aromatic rings. The van der Waals surface area contributed by atoms with Crippen molar-refractivity contribution in [3.63, 3.8) is 0 Å². The number of halogens is 1. The predicted molar refractivity (Wildman–Crippen MR) is 55.7 cm³/mol. The van der Waals surface area contributed by atoms with Gasteiger partial charge in [0.05, 0.1) is 10.9 Å². The van der Waals surface area contributed by atoms with Gasteiger partial charge in [-0.3, -0.25) is 0 Å². The Bertz CT molecular complexity index is 737. The van der Waals surface area contributed by atoms with E-state index in [2.05, 4.69) is 9.17 Å². The Labute approximate surface area is 95.1 Å². The van der Waals surface area contributed by atoms with Crippen LogP contribution in [0.2, 0.25) is 0 Å². The summed E-state index contributed by atoms with van der Waals surface area (Å²) in [5, 5.41) is 0.0109. The monoisotopic (exact) mass is 259 g/mol. The van der Waals surface area contributed by atoms with Crippen molar-refractivity contribution in [3.05, 3.63) is 34.5 Å². The summed E-state index contributed by atoms with van der Waals surface area (Å²) >= 11 is 0. The molecule has 0 radical (unpaired) electrons. The second kappa shape index (κ2) is 3.81. The van der Waals surface area contributed by atoms with Gasteiger partial charge < -0.3 is 8.60 Å². The van der Waals surface area contributed by atoms with Crippen LogP contribution in [0.15, 0.2) is 27.4 Å². The van der Waals surface area contributed by atoms with E-state index in [1.807, 2.05) is 0 Å². The van der Waals surface area contributed by atoms with Crippen molar-refractivity contribution in [1.29, 1.82) is 0 Å². The van der Waals surface area contributed by atoms with Gasteiger partial charge in [0, 0.05) is 6.92 Å². The molecule has 1 aromatic heterocycles. The molecule has 0 saturated heterocycles. The molecule has 1 aromatic carbocycles. The van der Waals surface area contributed by atoms with Gasteiger partial charge in [-0.25, -0.2) is 9.78 Å². The lowest BCUT2D eigenvalue weighted by molar-refractivity contribution is 0.439. The molecule has 0 spiro atoms. The molecule has 90 valence electrons. The zero-order chi connectivity index (χ0) is 12.6. The largest absolute Gasteiger partial charge is 0.488 e. The van der Waals surface area contributed by atoms with Gasteiger partial charge in [0.1, 0.15) is 5.75 Å². The van der Waals surface area contributed by atoms with Gasteiger partial charge in [-0.15, -0.1) is 0 Å². The van der Waals surface area contributed by atoms with Crippen molar-refractivity contribution in [3.8, 4) is 5.75 Å². The van der Waals surface area contributed by atoms with Gasteiger partial charge >= 0.3 is 16.1 Å². The fourth-order valence-electron chi connectivity index (χ4n) is 1.32. The minimum atomic E-state index is -5.12. The molecule has 0 saturated carbocycles. The Balaban J connectivity index is 2.62. The summed E-state index contributed by atoms with van der Waals surface area (Å²) in [5.41, 5.74) is -0.392. The predicted octanol–water partition coefficient (Wildman–Crippen LogP) is 1.09. The SMILES string of the molecule is Cc1nc2ccc(OS(=O)(=O)F)cc2c(=O)o1. The van der Waals surface area contributed by atoms with Crippen LogP contribution < -0.4 is 9.81 Å². The van der Waals surface area contributed by atoms with E-state index in [4.69, 9.17) is 4.42 Å². The highest BCUT2D eigenvalue weighted by molar-refractivity contribution is 7.81. The summed E-state index contributed by atoms with van der Waals surface area (Å²) < 4.78 is 41.5. The van der Waals surface area contributed by atoms with Gasteiger partial charge in [0.2, 0.25) is 0 Å². The zero-order valence-corrected chi connectivity index (χ0v) is 9.32. The first-order chi connectivity index (χ1) is 7.85. The van der Waals surface area contributed by atoms with Crippen molar-refractivity contribution >= 4 is 21.4 Å². The molecule has 0 aliphatic carbocycles. The Morgan fingerprint density at radius 3 is 2.76 bits per heavy atom. The van der Waals surface area contributed by atoms with E-state index in [1.165, 1.54) is 19.1 Å². The smallest absolute Gasteiger partial charge is 0.408 e. The summed E-state index contributed by atoms with van der Waals surface area (Å²) in [6, 6.07) is 3.57. The molecule has 0 unspecified atom stereocenters. The van der Waals surface area contributed by atoms with Crippen molar-refractivity contribution in [2.45, 2.75) is 6.92 Å². The highest BCUT2D eigenvalue weighted by Gasteiger charge is 2.11. The quantitative estimate of drug-likeness (QED) is 0.750. The second-order valence-electron chi connectivity index (χ2n) is 3.18. The summed E-state index contributed by atoms with van der Waals surface area (Å²) in [5.74, 6) is -0.146. The van der Waals surface area contributed by atoms with E-state index in [9.17, 15) is 17.1 Å². The van der Waals surface area contributed by atoms with Gasteiger partial charge in [0.25, 0.3) is 0 Å². The summed E-state index contributed by atoms with van der Waals surface area (Å²) in [7, 11) is -5.12. The highest BCUT2D eigenvalue weighted by Crippen LogP contribution is 2.19. The maximum Gasteiger partial charge on any atom is 0.488 e. The summed E-state index contributed by atoms with van der Waals surface area (Å²) in [6.45, 7) is 1.50. The minimum Gasteiger partial charge on any atom is -0.408 e. The van der Waals surface area contributed by atoms with Crippen molar-refractivity contribution in [2.75, 3.05) is 0 Å². The maximum absolute atomic E-state index is 12.3. The standard InChI is InChI=1S/C9H6FNO5S/c1-5-11-8-3-2-6(16-17(10,13)14)4-7(8)9(12)15-5/h2-4H,1H3. The zero-order valence-electron chi connectivity index (χ0n) is 8.51. The molecule has 1 heterocycles. The van der Waals surface area contributed by atoms with Crippen LogP contribution in [-0.2, 0) is 10.5 Å². The summed E-state index contributed by atoms with van der Waals surface area (Å²) in [6.07, 6.45) is 0. The van der Waals surface area contributed by atoms with E-state index >= 15 is 0 Å². The average molecular weight is 259 g/mol. The van der Waals surface area contributed by atoms with E-state index in [0.29, 0.717) is 5.52 Å². The molecule has 0 atom stereocenters. The third-order valence-corrected chi connectivity index (χ3v) is 2.29. The van der Waals surface area contributed by atoms with Gasteiger partial charge in [-0.05, 0) is 18.2 Å². The third kappa shape index (κ3) is 2.59. The number of nitrogens with zero attached hydrogens (tertiary/aromatic N) is 1. The Morgan fingerprint density at radius 2 is 2.12 bits per heavy atom. The fourth-order valence-corrected chi connectivity index (χ4v) is 1.66. The van der Waals surface area contributed by atoms with Crippen LogP contribution in [0.3, 0.4) is 0 Å². The molecular weight excluding hydrogens is 253 g/mol. The molecule has 6 nitrogen and oxygen atoms in total. The molecule has 0 fully saturated rings. The van der Waals surface area contributed by atoms with Crippen LogP contribution >= 0.6 is 0 Å². The van der Waals surface area contributed by atoms with Crippen LogP contribution in [0, 0.1) is 6.92 Å². The Morgan fingerprint density at radius 1 is 1.41 bits per heavy atom. The van der Waals surface area contributed by atoms with Crippen molar-refractivity contribution < 1.29 is 20.9 Å². The van der Waals surface area contributed by atoms with Crippen LogP contribution in [0.5, 0.6) is 5.75 Å². The fraction of sp³-hybridized carbons (Fsp3) is 0.111. The van der Waals surface area contributed by atoms with E-state index in [1.54, 1.807) is 0 Å². The van der Waals surface area contributed by atoms with Crippen LogP contribution in [0.25, 0.3) is 10.9 Å². The number of rotatable bonds is 2. The van der Waals surface area contributed by atoms with E-state index in [0.717, 1.165) is 6.07 Å². The highest BCUT2D eigenvalue weighted by atomic mass is 32.3. The topological polar surface area (TPSA) is 86.5 Å². The second-order valence-corrected chi connectivity index (χ2v) is 4.13. The van der Waals surface area contributed by atoms with Crippen LogP contribution in [0.1, 0.15) is 5.89 Å². The Kier molecular flexibility index (Phi) is 2.58. The van der Waals surface area contributed by atoms with Crippen molar-refractivity contribution in [1.82, 2.24) is 4.98 Å². The van der Waals surface area contributed by atoms with Crippen molar-refractivity contribution in [2.24, 2.45) is 0 Å². The average Bonchev–Trinajstić information content (AvgIpc) is 2.16. The van der Waals surface area contributed by atoms with Gasteiger partial charge in [-0.1, -0.05) is 3.89 Å². The van der Waals surface area contributed by atoms with E-state index < -0.39 is 16.1 Å². The minimum absolute atomic E-state index is 0.0109. The maximum atomic E-state index is 12.3. The third-order valence-electron chi connectivity index (χ3n) is 1.90. The normalized spacial score (nSPS) is 11.6. The lowest BCUT2D eigenvalue weighted by Crippen LogP contribution is -2.05. The number of benzene rings is 1. The molecule has 0 aliphatic rings. The number of fused-ring (bicyclic) bond motifs is 1. The molecule has 17 heavy (non-hydrogen) atoms. The van der Waals surface area contributed by atoms with Crippen LogP contribution in [-0.4, -0.2) is 13.4 Å². The first-order valence-corrected chi connectivity index (χ1v) is 5.71. The molecule has 0 bridgehead atoms. The molecular formula is C9H6FNO5S. The number of hydrogen-bond acceptors (Lipinski definition) is 6. The van der Waals surface area contributed by atoms with Crippen LogP contribution in [0.4, 0.5) is 3.89 Å². The van der Waals surface area contributed by atoms with E-state index in [-0.39, 0.29) is 17.0 Å². The first-order valence-electron chi connectivity index (χ1n) is 4.41. The first kappa shape index (κ1) is 11.5. The Hall–Kier alpha value is -1.96. The lowest BCUT2D eigenvalue weighted by Gasteiger charge is -2.01. The number of aryl methyl sites for hydroxylation is 1. The number of hydrogen-bond donors (Lipinski definition) is 0. The summed E-state index contributed by atoms with van der Waals surface area (Å²) in [4.78, 5) is 15.3. The molecule has 2 rings (SSSR count). The molecule has 8 heteroatoms. The molecule has 0 aliphatic heterocycles. The molecule has 0 N–H and O–H groups in total.